The fourth-order valence-corrected chi connectivity index (χ4v) is 2.76. The Morgan fingerprint density at radius 3 is 2.55 bits per heavy atom. The molecule has 0 saturated carbocycles. The van der Waals surface area contributed by atoms with Crippen molar-refractivity contribution in [1.29, 1.82) is 0 Å². The maximum atomic E-state index is 14.3. The van der Waals surface area contributed by atoms with Crippen molar-refractivity contribution in [3.63, 3.8) is 0 Å². The quantitative estimate of drug-likeness (QED) is 0.921. The van der Waals surface area contributed by atoms with Gasteiger partial charge < -0.3 is 15.4 Å². The van der Waals surface area contributed by atoms with E-state index in [1.807, 2.05) is 32.9 Å². The molecule has 3 nitrogen and oxygen atoms in total. The number of anilines is 1. The first kappa shape index (κ1) is 15.3. The third kappa shape index (κ3) is 3.70. The summed E-state index contributed by atoms with van der Waals surface area (Å²) in [7, 11) is 0. The third-order valence-corrected chi connectivity index (χ3v) is 3.79. The maximum Gasteiger partial charge on any atom is 0.146 e. The molecule has 1 saturated heterocycles. The van der Waals surface area contributed by atoms with E-state index in [0.717, 1.165) is 31.5 Å². The average molecular weight is 280 g/mol. The zero-order valence-corrected chi connectivity index (χ0v) is 12.6. The molecule has 2 N–H and O–H groups in total. The van der Waals surface area contributed by atoms with E-state index in [9.17, 15) is 4.39 Å². The van der Waals surface area contributed by atoms with Crippen LogP contribution in [-0.4, -0.2) is 31.3 Å². The molecule has 3 atom stereocenters. The van der Waals surface area contributed by atoms with Crippen LogP contribution >= 0.6 is 0 Å². The predicted octanol–water partition coefficient (Wildman–Crippen LogP) is 2.72. The van der Waals surface area contributed by atoms with Gasteiger partial charge in [0.15, 0.2) is 0 Å². The number of benzene rings is 1. The highest BCUT2D eigenvalue weighted by atomic mass is 19.1. The second-order valence-electron chi connectivity index (χ2n) is 5.82. The van der Waals surface area contributed by atoms with Crippen molar-refractivity contribution in [2.75, 3.05) is 18.0 Å². The van der Waals surface area contributed by atoms with E-state index in [-0.39, 0.29) is 24.1 Å². The van der Waals surface area contributed by atoms with Crippen LogP contribution in [0.25, 0.3) is 0 Å². The van der Waals surface area contributed by atoms with Crippen molar-refractivity contribution >= 4 is 5.69 Å². The maximum absolute atomic E-state index is 14.3. The van der Waals surface area contributed by atoms with Crippen LogP contribution in [0, 0.1) is 5.82 Å². The molecule has 1 aliphatic heterocycles. The molecule has 1 fully saturated rings. The van der Waals surface area contributed by atoms with E-state index in [2.05, 4.69) is 4.90 Å². The Morgan fingerprint density at radius 2 is 2.00 bits per heavy atom. The lowest BCUT2D eigenvalue weighted by Gasteiger charge is -2.37. The van der Waals surface area contributed by atoms with Gasteiger partial charge in [0.1, 0.15) is 5.82 Å². The number of hydrogen-bond donors (Lipinski definition) is 1. The number of halogens is 1. The van der Waals surface area contributed by atoms with E-state index < -0.39 is 0 Å². The topological polar surface area (TPSA) is 38.5 Å². The summed E-state index contributed by atoms with van der Waals surface area (Å²) < 4.78 is 20.0. The second kappa shape index (κ2) is 6.55. The molecule has 0 amide bonds. The molecule has 4 heteroatoms. The van der Waals surface area contributed by atoms with Crippen LogP contribution in [0.15, 0.2) is 18.2 Å². The Morgan fingerprint density at radius 1 is 1.35 bits per heavy atom. The fraction of sp³-hybridized carbons (Fsp3) is 0.625. The third-order valence-electron chi connectivity index (χ3n) is 3.79. The SMILES string of the molecule is CCC(N)Cc1ccc(N2C[C@@H](C)O[C@@H](C)C2)c(F)c1. The molecule has 0 aliphatic carbocycles. The molecule has 0 aromatic heterocycles. The van der Waals surface area contributed by atoms with Gasteiger partial charge in [0.2, 0.25) is 0 Å². The van der Waals surface area contributed by atoms with Crippen LogP contribution in [0.1, 0.15) is 32.8 Å². The number of morpholine rings is 1. The van der Waals surface area contributed by atoms with E-state index in [1.54, 1.807) is 6.07 Å². The number of hydrogen-bond acceptors (Lipinski definition) is 3. The predicted molar refractivity (Wildman–Crippen MR) is 80.6 cm³/mol. The number of nitrogens with zero attached hydrogens (tertiary/aromatic N) is 1. The molecule has 1 heterocycles. The Hall–Kier alpha value is -1.13. The largest absolute Gasteiger partial charge is 0.372 e. The second-order valence-corrected chi connectivity index (χ2v) is 5.82. The lowest BCUT2D eigenvalue weighted by atomic mass is 10.0. The van der Waals surface area contributed by atoms with Gasteiger partial charge in [-0.25, -0.2) is 4.39 Å². The van der Waals surface area contributed by atoms with Crippen molar-refractivity contribution in [1.82, 2.24) is 0 Å². The normalized spacial score (nSPS) is 24.8. The average Bonchev–Trinajstić information content (AvgIpc) is 2.37. The van der Waals surface area contributed by atoms with Crippen LogP contribution in [0.3, 0.4) is 0 Å². The number of ether oxygens (including phenoxy) is 1. The first-order valence-electron chi connectivity index (χ1n) is 7.44. The summed E-state index contributed by atoms with van der Waals surface area (Å²) in [5.74, 6) is -0.160. The summed E-state index contributed by atoms with van der Waals surface area (Å²) in [6, 6.07) is 5.58. The summed E-state index contributed by atoms with van der Waals surface area (Å²) in [5.41, 5.74) is 7.56. The van der Waals surface area contributed by atoms with Crippen LogP contribution in [0.2, 0.25) is 0 Å². The monoisotopic (exact) mass is 280 g/mol. The van der Waals surface area contributed by atoms with Crippen molar-refractivity contribution in [3.05, 3.63) is 29.6 Å². The molecule has 1 aromatic rings. The highest BCUT2D eigenvalue weighted by molar-refractivity contribution is 5.50. The van der Waals surface area contributed by atoms with E-state index >= 15 is 0 Å². The molecule has 2 rings (SSSR count). The molecular weight excluding hydrogens is 255 g/mol. The minimum absolute atomic E-state index is 0.101. The lowest BCUT2D eigenvalue weighted by Crippen LogP contribution is -2.45. The highest BCUT2D eigenvalue weighted by Gasteiger charge is 2.24. The van der Waals surface area contributed by atoms with Crippen molar-refractivity contribution in [2.45, 2.75) is 51.9 Å². The summed E-state index contributed by atoms with van der Waals surface area (Å²) in [4.78, 5) is 2.07. The Kier molecular flexibility index (Phi) is 5.00. The molecule has 1 aromatic carbocycles. The summed E-state index contributed by atoms with van der Waals surface area (Å²) in [6.45, 7) is 7.56. The molecule has 20 heavy (non-hydrogen) atoms. The van der Waals surface area contributed by atoms with Gasteiger partial charge in [-0.2, -0.15) is 0 Å². The molecular formula is C16H25FN2O. The fourth-order valence-electron chi connectivity index (χ4n) is 2.76. The molecule has 112 valence electrons. The first-order chi connectivity index (χ1) is 9.49. The minimum atomic E-state index is -0.160. The van der Waals surface area contributed by atoms with Gasteiger partial charge in [-0.15, -0.1) is 0 Å². The molecule has 0 radical (unpaired) electrons. The number of nitrogens with two attached hydrogens (primary N) is 1. The smallest absolute Gasteiger partial charge is 0.146 e. The highest BCUT2D eigenvalue weighted by Crippen LogP contribution is 2.24. The van der Waals surface area contributed by atoms with Gasteiger partial charge in [0.25, 0.3) is 0 Å². The van der Waals surface area contributed by atoms with Gasteiger partial charge in [-0.1, -0.05) is 13.0 Å². The van der Waals surface area contributed by atoms with Gasteiger partial charge in [-0.3, -0.25) is 0 Å². The lowest BCUT2D eigenvalue weighted by molar-refractivity contribution is -0.00539. The molecule has 1 unspecified atom stereocenters. The van der Waals surface area contributed by atoms with Crippen LogP contribution in [0.4, 0.5) is 10.1 Å². The summed E-state index contributed by atoms with van der Waals surface area (Å²) >= 11 is 0. The minimum Gasteiger partial charge on any atom is -0.372 e. The van der Waals surface area contributed by atoms with Crippen LogP contribution in [0.5, 0.6) is 0 Å². The van der Waals surface area contributed by atoms with E-state index in [0.29, 0.717) is 5.69 Å². The van der Waals surface area contributed by atoms with Crippen molar-refractivity contribution < 1.29 is 9.13 Å². The van der Waals surface area contributed by atoms with Gasteiger partial charge in [-0.05, 0) is 44.4 Å². The van der Waals surface area contributed by atoms with Crippen molar-refractivity contribution in [2.24, 2.45) is 5.73 Å². The van der Waals surface area contributed by atoms with Crippen LogP contribution in [-0.2, 0) is 11.2 Å². The standard InChI is InChI=1S/C16H25FN2O/c1-4-14(18)7-13-5-6-16(15(17)8-13)19-9-11(2)20-12(3)10-19/h5-6,8,11-12,14H,4,7,9-10,18H2,1-3H3/t11-,12+,14?. The Labute approximate surface area is 120 Å². The Bertz CT molecular complexity index is 442. The van der Waals surface area contributed by atoms with E-state index in [1.165, 1.54) is 0 Å². The van der Waals surface area contributed by atoms with Gasteiger partial charge in [0.05, 0.1) is 17.9 Å². The summed E-state index contributed by atoms with van der Waals surface area (Å²) in [5, 5.41) is 0. The molecule has 1 aliphatic rings. The van der Waals surface area contributed by atoms with E-state index in [4.69, 9.17) is 10.5 Å². The zero-order chi connectivity index (χ0) is 14.7. The van der Waals surface area contributed by atoms with Gasteiger partial charge in [0, 0.05) is 19.1 Å². The van der Waals surface area contributed by atoms with Crippen LogP contribution < -0.4 is 10.6 Å². The number of rotatable bonds is 4. The van der Waals surface area contributed by atoms with Crippen molar-refractivity contribution in [3.8, 4) is 0 Å². The molecule has 0 spiro atoms. The Balaban J connectivity index is 2.13. The van der Waals surface area contributed by atoms with Gasteiger partial charge >= 0.3 is 0 Å². The first-order valence-corrected chi connectivity index (χ1v) is 7.44. The molecule has 0 bridgehead atoms. The zero-order valence-electron chi connectivity index (χ0n) is 12.6. The summed E-state index contributed by atoms with van der Waals surface area (Å²) in [6.07, 6.45) is 1.89.